The van der Waals surface area contributed by atoms with Crippen molar-refractivity contribution in [2.45, 2.75) is 86.9 Å². The molecule has 0 saturated carbocycles. The molecule has 2 unspecified atom stereocenters. The van der Waals surface area contributed by atoms with E-state index in [2.05, 4.69) is 5.32 Å². The molecular formula is C21H36N2O3S. The zero-order valence-electron chi connectivity index (χ0n) is 18.1. The first-order valence-electron chi connectivity index (χ1n) is 9.83. The minimum Gasteiger partial charge on any atom is -0.344 e. The number of carbonyl (C=O) groups is 3. The second-order valence-electron chi connectivity index (χ2n) is 7.07. The summed E-state index contributed by atoms with van der Waals surface area (Å²) in [6.45, 7) is 15.7. The highest BCUT2D eigenvalue weighted by Crippen LogP contribution is 2.25. The maximum atomic E-state index is 12.6. The number of likely N-dealkylation sites (tertiary alicyclic amines) is 1. The van der Waals surface area contributed by atoms with Gasteiger partial charge in [-0.1, -0.05) is 54.5 Å². The van der Waals surface area contributed by atoms with Crippen LogP contribution in [0.3, 0.4) is 0 Å². The van der Waals surface area contributed by atoms with Gasteiger partial charge in [0.15, 0.2) is 5.78 Å². The van der Waals surface area contributed by atoms with Gasteiger partial charge in [-0.3, -0.25) is 14.4 Å². The smallest absolute Gasteiger partial charge is 0.243 e. The van der Waals surface area contributed by atoms with Gasteiger partial charge in [-0.25, -0.2) is 0 Å². The third-order valence-electron chi connectivity index (χ3n) is 4.10. The van der Waals surface area contributed by atoms with Crippen molar-refractivity contribution in [2.75, 3.05) is 0 Å². The molecule has 2 atom stereocenters. The van der Waals surface area contributed by atoms with Crippen molar-refractivity contribution < 1.29 is 14.4 Å². The Labute approximate surface area is 168 Å². The van der Waals surface area contributed by atoms with Gasteiger partial charge in [0.2, 0.25) is 11.8 Å². The lowest BCUT2D eigenvalue weighted by atomic mass is 9.84. The van der Waals surface area contributed by atoms with Gasteiger partial charge >= 0.3 is 0 Å². The molecule has 1 fully saturated rings. The number of nitrogens with zero attached hydrogens (tertiary/aromatic N) is 1. The summed E-state index contributed by atoms with van der Waals surface area (Å²) in [6.07, 6.45) is 0.883. The minimum atomic E-state index is -0.547. The van der Waals surface area contributed by atoms with Crippen molar-refractivity contribution in [1.82, 2.24) is 10.2 Å². The van der Waals surface area contributed by atoms with Gasteiger partial charge in [0.25, 0.3) is 0 Å². The molecule has 2 heterocycles. The summed E-state index contributed by atoms with van der Waals surface area (Å²) in [6, 6.07) is 2.85. The van der Waals surface area contributed by atoms with E-state index in [1.807, 2.05) is 66.0 Å². The molecule has 1 aromatic rings. The van der Waals surface area contributed by atoms with Crippen molar-refractivity contribution in [3.63, 3.8) is 0 Å². The summed E-state index contributed by atoms with van der Waals surface area (Å²) in [5.41, 5.74) is -0.358. The molecule has 1 aliphatic rings. The van der Waals surface area contributed by atoms with Crippen LogP contribution in [0.2, 0.25) is 0 Å². The maximum Gasteiger partial charge on any atom is 0.243 e. The van der Waals surface area contributed by atoms with Crippen LogP contribution >= 0.6 is 11.3 Å². The first-order valence-corrected chi connectivity index (χ1v) is 10.7. The Morgan fingerprint density at radius 2 is 1.85 bits per heavy atom. The Balaban J connectivity index is 0.00000158. The average Bonchev–Trinajstić information content (AvgIpc) is 3.26. The minimum absolute atomic E-state index is 0.00585. The lowest BCUT2D eigenvalue weighted by Gasteiger charge is -2.32. The summed E-state index contributed by atoms with van der Waals surface area (Å²) >= 11 is 1.57. The number of carbonyl (C=O) groups excluding carboxylic acids is 3. The molecule has 154 valence electrons. The zero-order valence-corrected chi connectivity index (χ0v) is 18.9. The molecule has 0 spiro atoms. The number of amides is 2. The number of rotatable bonds is 5. The fourth-order valence-corrected chi connectivity index (χ4v) is 3.64. The van der Waals surface area contributed by atoms with Gasteiger partial charge in [-0.05, 0) is 30.2 Å². The van der Waals surface area contributed by atoms with Crippen LogP contribution in [0.4, 0.5) is 0 Å². The topological polar surface area (TPSA) is 66.5 Å². The summed E-state index contributed by atoms with van der Waals surface area (Å²) in [7, 11) is 0. The van der Waals surface area contributed by atoms with Gasteiger partial charge in [0.1, 0.15) is 6.04 Å². The zero-order chi connectivity index (χ0) is 21.2. The molecule has 2 rings (SSSR count). The van der Waals surface area contributed by atoms with Crippen molar-refractivity contribution in [3.05, 3.63) is 22.4 Å². The molecule has 0 radical (unpaired) electrons. The van der Waals surface area contributed by atoms with Crippen LogP contribution in [0.1, 0.15) is 73.1 Å². The lowest BCUT2D eigenvalue weighted by Crippen LogP contribution is -2.53. The molecule has 1 N–H and O–H groups in total. The van der Waals surface area contributed by atoms with Crippen molar-refractivity contribution in [3.8, 4) is 0 Å². The van der Waals surface area contributed by atoms with E-state index in [4.69, 9.17) is 0 Å². The lowest BCUT2D eigenvalue weighted by molar-refractivity contribution is -0.137. The summed E-state index contributed by atoms with van der Waals surface area (Å²) < 4.78 is 0. The Hall–Kier alpha value is -1.69. The SMILES string of the molecule is CC.CC.CC(=O)C(NC(=O)C1CCC(=O)N1Cc1cccs1)C(C)(C)C. The van der Waals surface area contributed by atoms with Crippen molar-refractivity contribution in [2.24, 2.45) is 5.41 Å². The molecule has 6 heteroatoms. The second kappa shape index (κ2) is 11.9. The average molecular weight is 397 g/mol. The Morgan fingerprint density at radius 1 is 1.26 bits per heavy atom. The van der Waals surface area contributed by atoms with E-state index in [0.717, 1.165) is 4.88 Å². The highest BCUT2D eigenvalue weighted by molar-refractivity contribution is 7.09. The Kier molecular flexibility index (Phi) is 11.2. The van der Waals surface area contributed by atoms with Crippen LogP contribution in [0, 0.1) is 5.41 Å². The monoisotopic (exact) mass is 396 g/mol. The van der Waals surface area contributed by atoms with Crippen LogP contribution in [-0.2, 0) is 20.9 Å². The van der Waals surface area contributed by atoms with Gasteiger partial charge in [-0.2, -0.15) is 0 Å². The predicted octanol–water partition coefficient (Wildman–Crippen LogP) is 4.41. The quantitative estimate of drug-likeness (QED) is 0.801. The molecule has 1 aliphatic heterocycles. The van der Waals surface area contributed by atoms with Crippen LogP contribution in [0.5, 0.6) is 0 Å². The first-order chi connectivity index (χ1) is 12.7. The number of hydrogen-bond donors (Lipinski definition) is 1. The van der Waals surface area contributed by atoms with E-state index in [1.165, 1.54) is 6.92 Å². The first kappa shape index (κ1) is 25.3. The number of nitrogens with one attached hydrogen (secondary N) is 1. The molecule has 1 aromatic heterocycles. The summed E-state index contributed by atoms with van der Waals surface area (Å²) in [4.78, 5) is 39.3. The molecule has 27 heavy (non-hydrogen) atoms. The fourth-order valence-electron chi connectivity index (χ4n) is 2.94. The largest absolute Gasteiger partial charge is 0.344 e. The van der Waals surface area contributed by atoms with Gasteiger partial charge in [0.05, 0.1) is 12.6 Å². The van der Waals surface area contributed by atoms with E-state index in [9.17, 15) is 14.4 Å². The number of Topliss-reactive ketones (excluding diaryl/α,β-unsaturated/α-hetero) is 1. The highest BCUT2D eigenvalue weighted by atomic mass is 32.1. The number of ketones is 1. The number of thiophene rings is 1. The fraction of sp³-hybridized carbons (Fsp3) is 0.667. The van der Waals surface area contributed by atoms with Crippen LogP contribution in [-0.4, -0.2) is 34.6 Å². The van der Waals surface area contributed by atoms with Crippen molar-refractivity contribution >= 4 is 28.9 Å². The third kappa shape index (κ3) is 7.45. The normalized spacial score (nSPS) is 17.3. The van der Waals surface area contributed by atoms with E-state index < -0.39 is 12.1 Å². The number of hydrogen-bond acceptors (Lipinski definition) is 4. The van der Waals surface area contributed by atoms with Crippen LogP contribution < -0.4 is 5.32 Å². The molecular weight excluding hydrogens is 360 g/mol. The Bertz CT molecular complexity index is 591. The van der Waals surface area contributed by atoms with Gasteiger partial charge < -0.3 is 10.2 Å². The third-order valence-corrected chi connectivity index (χ3v) is 4.96. The standard InChI is InChI=1S/C17H24N2O3S.2C2H6/c1-11(20)15(17(2,3)4)18-16(22)13-7-8-14(21)19(13)10-12-6-5-9-23-12;2*1-2/h5-6,9,13,15H,7-8,10H2,1-4H3,(H,18,22);2*1-2H3. The predicted molar refractivity (Wildman–Crippen MR) is 113 cm³/mol. The molecule has 1 saturated heterocycles. The Morgan fingerprint density at radius 3 is 2.30 bits per heavy atom. The molecule has 0 aromatic carbocycles. The van der Waals surface area contributed by atoms with Crippen LogP contribution in [0.15, 0.2) is 17.5 Å². The molecule has 2 amide bonds. The van der Waals surface area contributed by atoms with Gasteiger partial charge in [0, 0.05) is 11.3 Å². The summed E-state index contributed by atoms with van der Waals surface area (Å²) in [5.74, 6) is -0.309. The van der Waals surface area contributed by atoms with E-state index in [1.54, 1.807) is 16.2 Å². The molecule has 0 bridgehead atoms. The molecule has 0 aliphatic carbocycles. The van der Waals surface area contributed by atoms with Crippen molar-refractivity contribution in [1.29, 1.82) is 0 Å². The van der Waals surface area contributed by atoms with E-state index in [-0.39, 0.29) is 23.0 Å². The molecule has 5 nitrogen and oxygen atoms in total. The summed E-state index contributed by atoms with van der Waals surface area (Å²) in [5, 5.41) is 4.80. The second-order valence-corrected chi connectivity index (χ2v) is 8.11. The van der Waals surface area contributed by atoms with Crippen LogP contribution in [0.25, 0.3) is 0 Å². The van der Waals surface area contributed by atoms with Gasteiger partial charge in [-0.15, -0.1) is 11.3 Å². The maximum absolute atomic E-state index is 12.6. The van der Waals surface area contributed by atoms with E-state index >= 15 is 0 Å². The van der Waals surface area contributed by atoms with E-state index in [0.29, 0.717) is 19.4 Å². The highest BCUT2D eigenvalue weighted by Gasteiger charge is 2.39.